The second kappa shape index (κ2) is 8.76. The van der Waals surface area contributed by atoms with Crippen LogP contribution in [0.4, 0.5) is 4.39 Å². The molecule has 0 fully saturated rings. The van der Waals surface area contributed by atoms with Gasteiger partial charge in [-0.15, -0.1) is 0 Å². The van der Waals surface area contributed by atoms with Gasteiger partial charge < -0.3 is 5.32 Å². The normalized spacial score (nSPS) is 12.3. The fourth-order valence-corrected chi connectivity index (χ4v) is 3.94. The van der Waals surface area contributed by atoms with Crippen molar-refractivity contribution in [3.8, 4) is 11.8 Å². The first-order valence-corrected chi connectivity index (χ1v) is 11.6. The molecule has 0 radical (unpaired) electrons. The summed E-state index contributed by atoms with van der Waals surface area (Å²) in [6.45, 7) is 0. The van der Waals surface area contributed by atoms with Gasteiger partial charge in [0.05, 0.1) is 47.7 Å². The summed E-state index contributed by atoms with van der Waals surface area (Å²) in [5, 5.41) is 16.7. The number of nitrogens with zero attached hydrogens (tertiary/aromatic N) is 5. The Labute approximate surface area is 188 Å². The van der Waals surface area contributed by atoms with Crippen molar-refractivity contribution in [1.29, 1.82) is 5.26 Å². The van der Waals surface area contributed by atoms with E-state index in [1.807, 2.05) is 6.07 Å². The Balaban J connectivity index is 1.68. The number of hydrogen-bond donors (Lipinski definition) is 1. The number of pyridine rings is 2. The lowest BCUT2D eigenvalue weighted by Gasteiger charge is -2.17. The van der Waals surface area contributed by atoms with Crippen molar-refractivity contribution in [1.82, 2.24) is 25.1 Å². The number of nitrogens with one attached hydrogen (secondary N) is 1. The number of amides is 1. The summed E-state index contributed by atoms with van der Waals surface area (Å²) in [6.07, 6.45) is 6.68. The molecular formula is C22H17FN6O3S. The van der Waals surface area contributed by atoms with Gasteiger partial charge in [0.25, 0.3) is 5.91 Å². The molecule has 1 amide bonds. The minimum atomic E-state index is -3.56. The van der Waals surface area contributed by atoms with Crippen LogP contribution in [0, 0.1) is 17.1 Å². The van der Waals surface area contributed by atoms with E-state index in [2.05, 4.69) is 20.4 Å². The van der Waals surface area contributed by atoms with Gasteiger partial charge in [-0.1, -0.05) is 0 Å². The first-order valence-electron chi connectivity index (χ1n) is 9.69. The Kier molecular flexibility index (Phi) is 5.85. The number of carbonyl (C=O) groups is 1. The predicted molar refractivity (Wildman–Crippen MR) is 117 cm³/mol. The summed E-state index contributed by atoms with van der Waals surface area (Å²) in [5.41, 5.74) is 1.79. The average molecular weight is 464 g/mol. The van der Waals surface area contributed by atoms with Crippen molar-refractivity contribution in [2.75, 3.05) is 6.26 Å². The highest BCUT2D eigenvalue weighted by Crippen LogP contribution is 2.23. The lowest BCUT2D eigenvalue weighted by molar-refractivity contribution is 0.0938. The molecule has 0 aliphatic rings. The summed E-state index contributed by atoms with van der Waals surface area (Å²) >= 11 is 0. The van der Waals surface area contributed by atoms with E-state index in [-0.39, 0.29) is 22.8 Å². The van der Waals surface area contributed by atoms with Crippen molar-refractivity contribution in [2.24, 2.45) is 0 Å². The highest BCUT2D eigenvalue weighted by atomic mass is 32.2. The van der Waals surface area contributed by atoms with Gasteiger partial charge in [0.2, 0.25) is 0 Å². The van der Waals surface area contributed by atoms with Crippen molar-refractivity contribution in [2.45, 2.75) is 17.5 Å². The molecule has 0 saturated carbocycles. The Hall–Kier alpha value is -4.17. The van der Waals surface area contributed by atoms with Crippen LogP contribution in [0.15, 0.2) is 66.2 Å². The third-order valence-electron chi connectivity index (χ3n) is 4.95. The van der Waals surface area contributed by atoms with Crippen molar-refractivity contribution in [3.05, 3.63) is 78.1 Å². The summed E-state index contributed by atoms with van der Waals surface area (Å²) in [4.78, 5) is 21.1. The quantitative estimate of drug-likeness (QED) is 0.464. The van der Waals surface area contributed by atoms with Gasteiger partial charge in [-0.25, -0.2) is 22.5 Å². The van der Waals surface area contributed by atoms with Gasteiger partial charge in [-0.3, -0.25) is 9.78 Å². The standard InChI is InChI=1S/C22H17FN6O3S/c1-33(31,32)21-10-14(7-9-26-21)19(6-8-24)28-22(30)18-11-25-13-20-17(18)12-27-29(20)16-4-2-15(23)3-5-16/h2-5,7,9-13,19H,6H2,1H3,(H,28,30). The fourth-order valence-electron chi connectivity index (χ4n) is 3.33. The van der Waals surface area contributed by atoms with E-state index >= 15 is 0 Å². The lowest BCUT2D eigenvalue weighted by Crippen LogP contribution is -2.28. The van der Waals surface area contributed by atoms with Crippen LogP contribution in [0.3, 0.4) is 0 Å². The number of halogens is 1. The molecule has 1 unspecified atom stereocenters. The number of benzene rings is 1. The molecule has 1 aromatic carbocycles. The Morgan fingerprint density at radius 3 is 2.67 bits per heavy atom. The van der Waals surface area contributed by atoms with E-state index in [0.717, 1.165) is 6.26 Å². The fraction of sp³-hybridized carbons (Fsp3) is 0.136. The van der Waals surface area contributed by atoms with E-state index in [1.165, 1.54) is 47.7 Å². The SMILES string of the molecule is CS(=O)(=O)c1cc(C(CC#N)NC(=O)c2cncc3c2cnn3-c2ccc(F)cc2)ccn1. The molecule has 1 atom stereocenters. The zero-order valence-corrected chi connectivity index (χ0v) is 18.1. The molecule has 1 N–H and O–H groups in total. The minimum Gasteiger partial charge on any atom is -0.344 e. The molecule has 0 bridgehead atoms. The Bertz CT molecular complexity index is 1490. The monoisotopic (exact) mass is 464 g/mol. The predicted octanol–water partition coefficient (Wildman–Crippen LogP) is 2.74. The van der Waals surface area contributed by atoms with Gasteiger partial charge >= 0.3 is 0 Å². The van der Waals surface area contributed by atoms with Crippen LogP contribution in [0.1, 0.15) is 28.4 Å². The van der Waals surface area contributed by atoms with Gasteiger partial charge in [0.15, 0.2) is 14.9 Å². The largest absolute Gasteiger partial charge is 0.344 e. The minimum absolute atomic E-state index is 0.0861. The molecule has 166 valence electrons. The number of aromatic nitrogens is 4. The molecule has 3 aromatic heterocycles. The van der Waals surface area contributed by atoms with Crippen LogP contribution in [-0.2, 0) is 9.84 Å². The van der Waals surface area contributed by atoms with E-state index in [9.17, 15) is 22.9 Å². The summed E-state index contributed by atoms with van der Waals surface area (Å²) in [6, 6.07) is 9.83. The summed E-state index contributed by atoms with van der Waals surface area (Å²) < 4.78 is 38.5. The van der Waals surface area contributed by atoms with Crippen molar-refractivity contribution < 1.29 is 17.6 Å². The molecule has 0 aliphatic heterocycles. The molecule has 0 aliphatic carbocycles. The smallest absolute Gasteiger partial charge is 0.254 e. The molecule has 3 heterocycles. The van der Waals surface area contributed by atoms with Crippen molar-refractivity contribution >= 4 is 26.6 Å². The summed E-state index contributed by atoms with van der Waals surface area (Å²) in [7, 11) is -3.56. The number of carbonyl (C=O) groups excluding carboxylic acids is 1. The number of rotatable bonds is 6. The van der Waals surface area contributed by atoms with Crippen LogP contribution >= 0.6 is 0 Å². The third kappa shape index (κ3) is 4.56. The molecule has 0 spiro atoms. The Morgan fingerprint density at radius 1 is 1.21 bits per heavy atom. The maximum absolute atomic E-state index is 13.3. The first kappa shape index (κ1) is 22.0. The van der Waals surface area contributed by atoms with Crippen LogP contribution in [-0.4, -0.2) is 40.3 Å². The highest BCUT2D eigenvalue weighted by molar-refractivity contribution is 7.90. The number of sulfone groups is 1. The number of fused-ring (bicyclic) bond motifs is 1. The molecule has 33 heavy (non-hydrogen) atoms. The molecule has 4 aromatic rings. The molecule has 9 nitrogen and oxygen atoms in total. The van der Waals surface area contributed by atoms with Gasteiger partial charge in [-0.05, 0) is 42.0 Å². The third-order valence-corrected chi connectivity index (χ3v) is 5.94. The van der Waals surface area contributed by atoms with E-state index < -0.39 is 21.8 Å². The Morgan fingerprint density at radius 2 is 1.97 bits per heavy atom. The van der Waals surface area contributed by atoms with Crippen LogP contribution in [0.5, 0.6) is 0 Å². The summed E-state index contributed by atoms with van der Waals surface area (Å²) in [5.74, 6) is -0.892. The van der Waals surface area contributed by atoms with Crippen LogP contribution in [0.25, 0.3) is 16.6 Å². The highest BCUT2D eigenvalue weighted by Gasteiger charge is 2.21. The topological polar surface area (TPSA) is 131 Å². The number of hydrogen-bond acceptors (Lipinski definition) is 7. The van der Waals surface area contributed by atoms with Crippen LogP contribution < -0.4 is 5.32 Å². The second-order valence-corrected chi connectivity index (χ2v) is 9.20. The zero-order valence-electron chi connectivity index (χ0n) is 17.3. The van der Waals surface area contributed by atoms with Gasteiger partial charge in [-0.2, -0.15) is 10.4 Å². The molecule has 11 heteroatoms. The molecule has 0 saturated heterocycles. The molecular weight excluding hydrogens is 447 g/mol. The van der Waals surface area contributed by atoms with E-state index in [0.29, 0.717) is 22.2 Å². The van der Waals surface area contributed by atoms with Crippen LogP contribution in [0.2, 0.25) is 0 Å². The maximum atomic E-state index is 13.3. The van der Waals surface area contributed by atoms with Gasteiger partial charge in [0.1, 0.15) is 5.82 Å². The maximum Gasteiger partial charge on any atom is 0.254 e. The van der Waals surface area contributed by atoms with Crippen molar-refractivity contribution in [3.63, 3.8) is 0 Å². The van der Waals surface area contributed by atoms with E-state index in [4.69, 9.17) is 0 Å². The zero-order chi connectivity index (χ0) is 23.6. The number of nitriles is 1. The second-order valence-electron chi connectivity index (χ2n) is 7.24. The lowest BCUT2D eigenvalue weighted by atomic mass is 10.0. The van der Waals surface area contributed by atoms with E-state index in [1.54, 1.807) is 18.2 Å². The molecule has 4 rings (SSSR count). The van der Waals surface area contributed by atoms with Gasteiger partial charge in [0, 0.05) is 24.0 Å². The first-order chi connectivity index (χ1) is 15.8. The average Bonchev–Trinajstić information content (AvgIpc) is 3.23.